The molecule has 0 aliphatic carbocycles. The summed E-state index contributed by atoms with van der Waals surface area (Å²) >= 11 is 0. The van der Waals surface area contributed by atoms with Gasteiger partial charge in [0.15, 0.2) is 11.6 Å². The second-order valence-electron chi connectivity index (χ2n) is 4.09. The van der Waals surface area contributed by atoms with E-state index in [2.05, 4.69) is 5.32 Å². The van der Waals surface area contributed by atoms with Gasteiger partial charge in [0, 0.05) is 18.7 Å². The average Bonchev–Trinajstić information content (AvgIpc) is 2.86. The van der Waals surface area contributed by atoms with E-state index in [0.717, 1.165) is 17.7 Å². The molecule has 0 spiro atoms. The lowest BCUT2D eigenvalue weighted by Gasteiger charge is -2.08. The van der Waals surface area contributed by atoms with E-state index in [1.165, 1.54) is 6.07 Å². The molecule has 0 amide bonds. The molecule has 2 rings (SSSR count). The van der Waals surface area contributed by atoms with Crippen LogP contribution >= 0.6 is 0 Å². The number of halogens is 1. The van der Waals surface area contributed by atoms with Crippen LogP contribution in [0.2, 0.25) is 0 Å². The van der Waals surface area contributed by atoms with E-state index >= 15 is 0 Å². The number of ether oxygens (including phenoxy) is 1. The van der Waals surface area contributed by atoms with E-state index in [0.29, 0.717) is 18.9 Å². The van der Waals surface area contributed by atoms with Gasteiger partial charge in [0.05, 0.1) is 12.5 Å². The molecule has 0 unspecified atom stereocenters. The highest BCUT2D eigenvalue weighted by Gasteiger charge is 2.02. The Morgan fingerprint density at radius 3 is 3.00 bits per heavy atom. The molecule has 0 saturated heterocycles. The Hall–Kier alpha value is -1.81. The summed E-state index contributed by atoms with van der Waals surface area (Å²) in [5.74, 6) is -0.0180. The molecule has 1 N–H and O–H groups in total. The van der Waals surface area contributed by atoms with Crippen molar-refractivity contribution in [2.24, 2.45) is 0 Å². The molecule has 0 fully saturated rings. The molecule has 18 heavy (non-hydrogen) atoms. The molecule has 1 aromatic heterocycles. The van der Waals surface area contributed by atoms with Crippen molar-refractivity contribution in [3.8, 4) is 5.75 Å². The van der Waals surface area contributed by atoms with Crippen LogP contribution in [0.5, 0.6) is 5.75 Å². The summed E-state index contributed by atoms with van der Waals surface area (Å²) in [6, 6.07) is 6.74. The Labute approximate surface area is 106 Å². The fraction of sp³-hybridized carbons (Fsp3) is 0.286. The first-order chi connectivity index (χ1) is 8.75. The lowest BCUT2D eigenvalue weighted by molar-refractivity contribution is 0.298. The first-order valence-corrected chi connectivity index (χ1v) is 5.86. The van der Waals surface area contributed by atoms with E-state index in [4.69, 9.17) is 9.15 Å². The fourth-order valence-corrected chi connectivity index (χ4v) is 1.58. The topological polar surface area (TPSA) is 34.4 Å². The summed E-state index contributed by atoms with van der Waals surface area (Å²) in [5.41, 5.74) is 2.06. The zero-order valence-electron chi connectivity index (χ0n) is 10.3. The normalized spacial score (nSPS) is 10.6. The number of hydrogen-bond acceptors (Lipinski definition) is 3. The molecule has 3 nitrogen and oxygen atoms in total. The quantitative estimate of drug-likeness (QED) is 0.799. The molecule has 0 aliphatic rings. The molecule has 0 bridgehead atoms. The summed E-state index contributed by atoms with van der Waals surface area (Å²) in [5, 5.41) is 3.18. The third kappa shape index (κ3) is 3.60. The van der Waals surface area contributed by atoms with Gasteiger partial charge in [0.25, 0.3) is 0 Å². The maximum Gasteiger partial charge on any atom is 0.165 e. The average molecular weight is 249 g/mol. The van der Waals surface area contributed by atoms with Crippen LogP contribution in [0.15, 0.2) is 41.2 Å². The van der Waals surface area contributed by atoms with Gasteiger partial charge < -0.3 is 14.5 Å². The number of rotatable bonds is 6. The summed E-state index contributed by atoms with van der Waals surface area (Å²) in [7, 11) is 0. The summed E-state index contributed by atoms with van der Waals surface area (Å²) in [6.45, 7) is 3.70. The van der Waals surface area contributed by atoms with Crippen LogP contribution < -0.4 is 10.1 Å². The number of furan rings is 1. The van der Waals surface area contributed by atoms with Crippen molar-refractivity contribution in [2.45, 2.75) is 13.5 Å². The van der Waals surface area contributed by atoms with Crippen molar-refractivity contribution >= 4 is 0 Å². The third-order valence-corrected chi connectivity index (χ3v) is 2.53. The van der Waals surface area contributed by atoms with Crippen LogP contribution in [-0.4, -0.2) is 13.2 Å². The fourth-order valence-electron chi connectivity index (χ4n) is 1.58. The predicted octanol–water partition coefficient (Wildman–Crippen LogP) is 2.90. The minimum atomic E-state index is -0.324. The van der Waals surface area contributed by atoms with Gasteiger partial charge in [-0.3, -0.25) is 0 Å². The molecule has 0 atom stereocenters. The largest absolute Gasteiger partial charge is 0.489 e. The zero-order chi connectivity index (χ0) is 12.8. The lowest BCUT2D eigenvalue weighted by Crippen LogP contribution is -2.20. The van der Waals surface area contributed by atoms with Crippen molar-refractivity contribution in [2.75, 3.05) is 13.2 Å². The van der Waals surface area contributed by atoms with Gasteiger partial charge in [-0.25, -0.2) is 4.39 Å². The molecule has 1 heterocycles. The van der Waals surface area contributed by atoms with E-state index < -0.39 is 0 Å². The van der Waals surface area contributed by atoms with Gasteiger partial charge in [-0.1, -0.05) is 6.07 Å². The van der Waals surface area contributed by atoms with E-state index in [1.54, 1.807) is 24.7 Å². The summed E-state index contributed by atoms with van der Waals surface area (Å²) in [4.78, 5) is 0. The van der Waals surface area contributed by atoms with Crippen LogP contribution in [0.1, 0.15) is 11.1 Å². The highest BCUT2D eigenvalue weighted by atomic mass is 19.1. The minimum Gasteiger partial charge on any atom is -0.489 e. The number of nitrogens with one attached hydrogen (secondary N) is 1. The number of hydrogen-bond donors (Lipinski definition) is 1. The lowest BCUT2D eigenvalue weighted by atomic mass is 10.2. The predicted molar refractivity (Wildman–Crippen MR) is 67.0 cm³/mol. The molecular formula is C14H16FNO2. The Morgan fingerprint density at radius 1 is 1.33 bits per heavy atom. The van der Waals surface area contributed by atoms with Crippen LogP contribution in [0.3, 0.4) is 0 Å². The first-order valence-electron chi connectivity index (χ1n) is 5.86. The minimum absolute atomic E-state index is 0.306. The van der Waals surface area contributed by atoms with Gasteiger partial charge in [0.2, 0.25) is 0 Å². The van der Waals surface area contributed by atoms with Crippen LogP contribution in [-0.2, 0) is 6.54 Å². The van der Waals surface area contributed by atoms with Gasteiger partial charge in [-0.15, -0.1) is 0 Å². The van der Waals surface area contributed by atoms with Crippen molar-refractivity contribution in [3.05, 3.63) is 53.7 Å². The highest BCUT2D eigenvalue weighted by Crippen LogP contribution is 2.17. The Morgan fingerprint density at radius 2 is 2.22 bits per heavy atom. The maximum absolute atomic E-state index is 13.3. The molecule has 1 aromatic carbocycles. The monoisotopic (exact) mass is 249 g/mol. The summed E-state index contributed by atoms with van der Waals surface area (Å²) in [6.07, 6.45) is 3.32. The van der Waals surface area contributed by atoms with E-state index in [9.17, 15) is 4.39 Å². The Bertz CT molecular complexity index is 483. The number of benzene rings is 1. The van der Waals surface area contributed by atoms with Crippen LogP contribution in [0.25, 0.3) is 0 Å². The van der Waals surface area contributed by atoms with Crippen molar-refractivity contribution in [3.63, 3.8) is 0 Å². The van der Waals surface area contributed by atoms with E-state index in [1.807, 2.05) is 13.0 Å². The van der Waals surface area contributed by atoms with Crippen molar-refractivity contribution < 1.29 is 13.5 Å². The van der Waals surface area contributed by atoms with Crippen LogP contribution in [0.4, 0.5) is 4.39 Å². The SMILES string of the molecule is Cc1ccc(F)c(OCCNCc2ccoc2)c1. The van der Waals surface area contributed by atoms with Crippen molar-refractivity contribution in [1.82, 2.24) is 5.32 Å². The first kappa shape index (κ1) is 12.6. The molecule has 0 radical (unpaired) electrons. The molecule has 96 valence electrons. The number of aryl methyl sites for hydroxylation is 1. The van der Waals surface area contributed by atoms with Crippen LogP contribution in [0, 0.1) is 12.7 Å². The molecular weight excluding hydrogens is 233 g/mol. The zero-order valence-corrected chi connectivity index (χ0v) is 10.3. The van der Waals surface area contributed by atoms with Gasteiger partial charge in [-0.05, 0) is 30.7 Å². The smallest absolute Gasteiger partial charge is 0.165 e. The molecule has 4 heteroatoms. The molecule has 2 aromatic rings. The molecule has 0 aliphatic heterocycles. The Kier molecular flexibility index (Phi) is 4.36. The third-order valence-electron chi connectivity index (χ3n) is 2.53. The second-order valence-corrected chi connectivity index (χ2v) is 4.09. The molecule has 0 saturated carbocycles. The maximum atomic E-state index is 13.3. The van der Waals surface area contributed by atoms with E-state index in [-0.39, 0.29) is 5.82 Å². The Balaban J connectivity index is 1.70. The van der Waals surface area contributed by atoms with Gasteiger partial charge in [0.1, 0.15) is 6.61 Å². The highest BCUT2D eigenvalue weighted by molar-refractivity contribution is 5.29. The summed E-state index contributed by atoms with van der Waals surface area (Å²) < 4.78 is 23.7. The van der Waals surface area contributed by atoms with Crippen molar-refractivity contribution in [1.29, 1.82) is 0 Å². The van der Waals surface area contributed by atoms with Gasteiger partial charge in [-0.2, -0.15) is 0 Å². The standard InChI is InChI=1S/C14H16FNO2/c1-11-2-3-13(15)14(8-11)18-7-5-16-9-12-4-6-17-10-12/h2-4,6,8,10,16H,5,7,9H2,1H3. The second kappa shape index (κ2) is 6.21. The van der Waals surface area contributed by atoms with Gasteiger partial charge >= 0.3 is 0 Å².